The van der Waals surface area contributed by atoms with Crippen molar-refractivity contribution in [2.45, 2.75) is 37.7 Å². The fourth-order valence-electron chi connectivity index (χ4n) is 3.08. The van der Waals surface area contributed by atoms with Crippen molar-refractivity contribution in [2.24, 2.45) is 0 Å². The Hall–Kier alpha value is -2.26. The van der Waals surface area contributed by atoms with Gasteiger partial charge >= 0.3 is 12.4 Å². The van der Waals surface area contributed by atoms with Crippen LogP contribution in [0.5, 0.6) is 5.75 Å². The van der Waals surface area contributed by atoms with E-state index in [0.29, 0.717) is 18.6 Å². The van der Waals surface area contributed by atoms with Gasteiger partial charge in [0.25, 0.3) is 5.60 Å². The zero-order valence-corrected chi connectivity index (χ0v) is 15.7. The molecule has 2 aromatic carbocycles. The SMILES string of the molecule is CCCc1cc(C(OCOC)(C(F)(F)F)C(F)(F)F)cc(-c2ccccc2)c1O. The van der Waals surface area contributed by atoms with Gasteiger partial charge in [-0.2, -0.15) is 26.3 Å². The van der Waals surface area contributed by atoms with E-state index >= 15 is 0 Å². The summed E-state index contributed by atoms with van der Waals surface area (Å²) in [7, 11) is 0.923. The second-order valence-electron chi connectivity index (χ2n) is 6.38. The van der Waals surface area contributed by atoms with E-state index in [1.165, 1.54) is 12.1 Å². The number of phenols is 1. The van der Waals surface area contributed by atoms with E-state index in [0.717, 1.165) is 7.11 Å². The molecule has 0 fully saturated rings. The van der Waals surface area contributed by atoms with Crippen molar-refractivity contribution in [3.8, 4) is 16.9 Å². The van der Waals surface area contributed by atoms with Crippen molar-refractivity contribution in [1.82, 2.24) is 0 Å². The largest absolute Gasteiger partial charge is 0.507 e. The number of phenolic OH excluding ortho intramolecular Hbond substituents is 1. The molecule has 160 valence electrons. The third-order valence-electron chi connectivity index (χ3n) is 4.39. The number of benzene rings is 2. The average Bonchev–Trinajstić information content (AvgIpc) is 2.63. The van der Waals surface area contributed by atoms with Crippen molar-refractivity contribution >= 4 is 0 Å². The molecule has 0 spiro atoms. The lowest BCUT2D eigenvalue weighted by Crippen LogP contribution is -2.56. The van der Waals surface area contributed by atoms with Crippen LogP contribution in [0.15, 0.2) is 42.5 Å². The first-order chi connectivity index (χ1) is 13.5. The van der Waals surface area contributed by atoms with Crippen LogP contribution in [-0.4, -0.2) is 31.4 Å². The molecule has 0 heterocycles. The molecule has 0 amide bonds. The van der Waals surface area contributed by atoms with Crippen LogP contribution >= 0.6 is 0 Å². The summed E-state index contributed by atoms with van der Waals surface area (Å²) in [6, 6.07) is 9.07. The van der Waals surface area contributed by atoms with Gasteiger partial charge in [-0.3, -0.25) is 0 Å². The molecule has 9 heteroatoms. The number of aryl methyl sites for hydroxylation is 1. The summed E-state index contributed by atoms with van der Waals surface area (Å²) in [6.07, 6.45) is -11.2. The third kappa shape index (κ3) is 4.35. The van der Waals surface area contributed by atoms with E-state index in [4.69, 9.17) is 0 Å². The van der Waals surface area contributed by atoms with Crippen LogP contribution < -0.4 is 0 Å². The third-order valence-corrected chi connectivity index (χ3v) is 4.39. The lowest BCUT2D eigenvalue weighted by Gasteiger charge is -2.37. The van der Waals surface area contributed by atoms with Gasteiger partial charge in [-0.25, -0.2) is 0 Å². The van der Waals surface area contributed by atoms with Crippen LogP contribution in [0.25, 0.3) is 11.1 Å². The minimum Gasteiger partial charge on any atom is -0.507 e. The van der Waals surface area contributed by atoms with Gasteiger partial charge in [0, 0.05) is 18.2 Å². The van der Waals surface area contributed by atoms with E-state index in [1.54, 1.807) is 25.1 Å². The van der Waals surface area contributed by atoms with Gasteiger partial charge in [0.1, 0.15) is 12.5 Å². The lowest BCUT2D eigenvalue weighted by atomic mass is 9.86. The van der Waals surface area contributed by atoms with Gasteiger partial charge in [-0.05, 0) is 29.7 Å². The Labute approximate surface area is 163 Å². The molecule has 0 saturated heterocycles. The number of aromatic hydroxyl groups is 1. The first kappa shape index (κ1) is 23.0. The van der Waals surface area contributed by atoms with E-state index in [9.17, 15) is 31.4 Å². The Morgan fingerprint density at radius 2 is 1.52 bits per heavy atom. The highest BCUT2D eigenvalue weighted by Crippen LogP contribution is 2.54. The molecule has 1 N–H and O–H groups in total. The molecule has 0 bridgehead atoms. The molecule has 2 rings (SSSR count). The van der Waals surface area contributed by atoms with Crippen LogP contribution in [0, 0.1) is 0 Å². The van der Waals surface area contributed by atoms with Gasteiger partial charge in [0.2, 0.25) is 0 Å². The summed E-state index contributed by atoms with van der Waals surface area (Å²) >= 11 is 0. The fourth-order valence-corrected chi connectivity index (χ4v) is 3.08. The highest BCUT2D eigenvalue weighted by Gasteiger charge is 2.73. The maximum Gasteiger partial charge on any atom is 0.430 e. The summed E-state index contributed by atoms with van der Waals surface area (Å²) < 4.78 is 91.9. The average molecular weight is 422 g/mol. The number of hydrogen-bond donors (Lipinski definition) is 1. The Balaban J connectivity index is 2.88. The Morgan fingerprint density at radius 1 is 0.931 bits per heavy atom. The molecule has 3 nitrogen and oxygen atoms in total. The molecule has 0 unspecified atom stereocenters. The molecule has 0 atom stereocenters. The number of rotatable bonds is 7. The van der Waals surface area contributed by atoms with E-state index in [2.05, 4.69) is 9.47 Å². The van der Waals surface area contributed by atoms with Gasteiger partial charge in [-0.15, -0.1) is 0 Å². The highest BCUT2D eigenvalue weighted by atomic mass is 19.4. The van der Waals surface area contributed by atoms with E-state index < -0.39 is 30.3 Å². The van der Waals surface area contributed by atoms with Crippen molar-refractivity contribution in [3.05, 3.63) is 53.6 Å². The molecule has 0 aliphatic heterocycles. The second-order valence-corrected chi connectivity index (χ2v) is 6.38. The van der Waals surface area contributed by atoms with Crippen LogP contribution in [0.3, 0.4) is 0 Å². The van der Waals surface area contributed by atoms with E-state index in [-0.39, 0.29) is 28.9 Å². The molecule has 0 saturated carbocycles. The number of halogens is 6. The van der Waals surface area contributed by atoms with Crippen molar-refractivity contribution in [2.75, 3.05) is 13.9 Å². The standard InChI is InChI=1S/C20H20F6O3/c1-3-7-14-10-15(11-16(17(14)27)13-8-5-4-6-9-13)18(19(21,22)23,20(24,25)26)29-12-28-2/h4-6,8-11,27H,3,7,12H2,1-2H3. The Bertz CT molecular complexity index is 801. The van der Waals surface area contributed by atoms with E-state index in [1.807, 2.05) is 0 Å². The zero-order chi connectivity index (χ0) is 21.9. The molecule has 2 aromatic rings. The summed E-state index contributed by atoms with van der Waals surface area (Å²) in [5.74, 6) is -0.369. The Kier molecular flexibility index (Phi) is 6.85. The quantitative estimate of drug-likeness (QED) is 0.443. The Morgan fingerprint density at radius 3 is 2.00 bits per heavy atom. The van der Waals surface area contributed by atoms with Crippen LogP contribution in [-0.2, 0) is 21.5 Å². The maximum atomic E-state index is 13.9. The maximum absolute atomic E-state index is 13.9. The predicted molar refractivity (Wildman–Crippen MR) is 94.3 cm³/mol. The van der Waals surface area contributed by atoms with Gasteiger partial charge in [0.15, 0.2) is 0 Å². The van der Waals surface area contributed by atoms with Crippen molar-refractivity contribution < 1.29 is 40.9 Å². The second kappa shape index (κ2) is 8.62. The molecule has 29 heavy (non-hydrogen) atoms. The first-order valence-electron chi connectivity index (χ1n) is 8.67. The van der Waals surface area contributed by atoms with Crippen LogP contribution in [0.4, 0.5) is 26.3 Å². The predicted octanol–water partition coefficient (Wildman–Crippen LogP) is 5.95. The summed E-state index contributed by atoms with van der Waals surface area (Å²) in [6.45, 7) is 0.459. The molecule has 0 radical (unpaired) electrons. The number of hydrogen-bond acceptors (Lipinski definition) is 3. The van der Waals surface area contributed by atoms with Crippen molar-refractivity contribution in [1.29, 1.82) is 0 Å². The van der Waals surface area contributed by atoms with Gasteiger partial charge in [0.05, 0.1) is 0 Å². The monoisotopic (exact) mass is 422 g/mol. The first-order valence-corrected chi connectivity index (χ1v) is 8.67. The molecule has 0 aliphatic carbocycles. The summed E-state index contributed by atoms with van der Waals surface area (Å²) in [5.41, 5.74) is -5.70. The topological polar surface area (TPSA) is 38.7 Å². The molecular weight excluding hydrogens is 402 g/mol. The smallest absolute Gasteiger partial charge is 0.430 e. The van der Waals surface area contributed by atoms with Crippen LogP contribution in [0.2, 0.25) is 0 Å². The van der Waals surface area contributed by atoms with Gasteiger partial charge in [-0.1, -0.05) is 43.7 Å². The minimum atomic E-state index is -5.84. The normalized spacial score (nSPS) is 13.0. The summed E-state index contributed by atoms with van der Waals surface area (Å²) in [4.78, 5) is 0. The van der Waals surface area contributed by atoms with Gasteiger partial charge < -0.3 is 14.6 Å². The number of ether oxygens (including phenoxy) is 2. The molecule has 0 aromatic heterocycles. The molecule has 0 aliphatic rings. The minimum absolute atomic E-state index is 0.0391. The highest BCUT2D eigenvalue weighted by molar-refractivity contribution is 5.73. The zero-order valence-electron chi connectivity index (χ0n) is 15.7. The molecular formula is C20H20F6O3. The summed E-state index contributed by atoms with van der Waals surface area (Å²) in [5, 5.41) is 10.5. The number of methoxy groups -OCH3 is 1. The lowest BCUT2D eigenvalue weighted by molar-refractivity contribution is -0.400. The van der Waals surface area contributed by atoms with Crippen LogP contribution in [0.1, 0.15) is 24.5 Å². The fraction of sp³-hybridized carbons (Fsp3) is 0.400. The van der Waals surface area contributed by atoms with Crippen molar-refractivity contribution in [3.63, 3.8) is 0 Å². The number of alkyl halides is 6.